The molecule has 0 aliphatic carbocycles. The second-order valence-electron chi connectivity index (χ2n) is 3.63. The minimum atomic E-state index is -0.350. The molecule has 3 heteroatoms. The Morgan fingerprint density at radius 1 is 1.40 bits per heavy atom. The van der Waals surface area contributed by atoms with Crippen molar-refractivity contribution < 1.29 is 4.79 Å². The van der Waals surface area contributed by atoms with E-state index in [1.807, 2.05) is 31.2 Å². The van der Waals surface area contributed by atoms with E-state index in [1.54, 1.807) is 6.20 Å². The molecule has 0 bridgehead atoms. The maximum absolute atomic E-state index is 10.9. The molecule has 0 radical (unpaired) electrons. The van der Waals surface area contributed by atoms with Gasteiger partial charge in [-0.05, 0) is 24.4 Å². The van der Waals surface area contributed by atoms with Crippen LogP contribution in [0.5, 0.6) is 0 Å². The quantitative estimate of drug-likeness (QED) is 0.800. The first-order valence-electron chi connectivity index (χ1n) is 4.79. The summed E-state index contributed by atoms with van der Waals surface area (Å²) < 4.78 is 0. The molecule has 0 atom stereocenters. The van der Waals surface area contributed by atoms with Crippen LogP contribution in [0.15, 0.2) is 30.5 Å². The van der Waals surface area contributed by atoms with Crippen LogP contribution < -0.4 is 5.73 Å². The van der Waals surface area contributed by atoms with E-state index in [0.29, 0.717) is 0 Å². The highest BCUT2D eigenvalue weighted by atomic mass is 16.1. The highest BCUT2D eigenvalue weighted by Crippen LogP contribution is 2.18. The second kappa shape index (κ2) is 3.69. The fraction of sp³-hybridized carbons (Fsp3) is 0.167. The highest BCUT2D eigenvalue weighted by Gasteiger charge is 2.05. The Labute approximate surface area is 87.9 Å². The summed E-state index contributed by atoms with van der Waals surface area (Å²) in [6, 6.07) is 8.02. The number of hydrogen-bond acceptors (Lipinski definition) is 2. The summed E-state index contributed by atoms with van der Waals surface area (Å²) in [5.41, 5.74) is 7.08. The topological polar surface area (TPSA) is 56.0 Å². The summed E-state index contributed by atoms with van der Waals surface area (Å²) in [7, 11) is 0. The maximum Gasteiger partial charge on any atom is 0.223 e. The Morgan fingerprint density at radius 3 is 2.93 bits per heavy atom. The van der Waals surface area contributed by atoms with Gasteiger partial charge in [0, 0.05) is 11.6 Å². The van der Waals surface area contributed by atoms with Gasteiger partial charge in [0.2, 0.25) is 5.91 Å². The second-order valence-corrected chi connectivity index (χ2v) is 3.63. The molecule has 0 spiro atoms. The van der Waals surface area contributed by atoms with Crippen molar-refractivity contribution in [1.82, 2.24) is 4.98 Å². The van der Waals surface area contributed by atoms with Crippen LogP contribution in [0.4, 0.5) is 0 Å². The van der Waals surface area contributed by atoms with Crippen LogP contribution in [0, 0.1) is 6.92 Å². The van der Waals surface area contributed by atoms with Gasteiger partial charge in [-0.2, -0.15) is 0 Å². The van der Waals surface area contributed by atoms with Gasteiger partial charge in [0.15, 0.2) is 0 Å². The van der Waals surface area contributed by atoms with Gasteiger partial charge in [-0.25, -0.2) is 0 Å². The lowest BCUT2D eigenvalue weighted by Crippen LogP contribution is -2.14. The molecule has 0 saturated heterocycles. The van der Waals surface area contributed by atoms with Gasteiger partial charge in [0.05, 0.1) is 12.1 Å². The van der Waals surface area contributed by atoms with Crippen molar-refractivity contribution in [3.8, 4) is 0 Å². The molecule has 2 N–H and O–H groups in total. The largest absolute Gasteiger partial charge is 0.369 e. The number of primary amides is 1. The maximum atomic E-state index is 10.9. The zero-order valence-electron chi connectivity index (χ0n) is 8.53. The van der Waals surface area contributed by atoms with Crippen molar-refractivity contribution in [2.45, 2.75) is 13.3 Å². The summed E-state index contributed by atoms with van der Waals surface area (Å²) in [4.78, 5) is 15.1. The summed E-state index contributed by atoms with van der Waals surface area (Å²) in [5.74, 6) is -0.350. The molecule has 3 nitrogen and oxygen atoms in total. The highest BCUT2D eigenvalue weighted by molar-refractivity contribution is 5.88. The Kier molecular flexibility index (Phi) is 2.37. The first kappa shape index (κ1) is 9.65. The van der Waals surface area contributed by atoms with Crippen LogP contribution in [-0.4, -0.2) is 10.9 Å². The van der Waals surface area contributed by atoms with E-state index in [9.17, 15) is 4.79 Å². The summed E-state index contributed by atoms with van der Waals surface area (Å²) in [6.07, 6.45) is 1.90. The molecule has 1 heterocycles. The van der Waals surface area contributed by atoms with Gasteiger partial charge in [0.1, 0.15) is 0 Å². The molecule has 2 rings (SSSR count). The molecule has 76 valence electrons. The zero-order valence-corrected chi connectivity index (χ0v) is 8.53. The molecule has 0 aliphatic heterocycles. The van der Waals surface area contributed by atoms with E-state index < -0.39 is 0 Å². The number of nitrogens with two attached hydrogens (primary N) is 1. The molecular weight excluding hydrogens is 188 g/mol. The molecule has 1 amide bonds. The van der Waals surface area contributed by atoms with Gasteiger partial charge in [-0.1, -0.05) is 17.7 Å². The molecule has 0 saturated carbocycles. The van der Waals surface area contributed by atoms with E-state index in [-0.39, 0.29) is 12.3 Å². The number of aryl methyl sites for hydroxylation is 1. The predicted molar refractivity (Wildman–Crippen MR) is 59.4 cm³/mol. The van der Waals surface area contributed by atoms with E-state index >= 15 is 0 Å². The number of carbonyl (C=O) groups is 1. The molecule has 1 aromatic carbocycles. The third-order valence-electron chi connectivity index (χ3n) is 2.35. The lowest BCUT2D eigenvalue weighted by molar-refractivity contribution is -0.117. The molecule has 1 aromatic heterocycles. The predicted octanol–water partition coefficient (Wildman–Crippen LogP) is 1.57. The van der Waals surface area contributed by atoms with Crippen LogP contribution in [0.3, 0.4) is 0 Å². The lowest BCUT2D eigenvalue weighted by atomic mass is 10.1. The van der Waals surface area contributed by atoms with E-state index in [0.717, 1.165) is 22.0 Å². The van der Waals surface area contributed by atoms with Crippen molar-refractivity contribution in [3.63, 3.8) is 0 Å². The number of aromatic nitrogens is 1. The van der Waals surface area contributed by atoms with Crippen LogP contribution in [0.1, 0.15) is 11.3 Å². The van der Waals surface area contributed by atoms with E-state index in [4.69, 9.17) is 5.73 Å². The Balaban J connectivity index is 2.63. The summed E-state index contributed by atoms with van der Waals surface area (Å²) in [5, 5.41) is 2.10. The average Bonchev–Trinajstić information content (AvgIpc) is 2.18. The van der Waals surface area contributed by atoms with Gasteiger partial charge in [0.25, 0.3) is 0 Å². The summed E-state index contributed by atoms with van der Waals surface area (Å²) in [6.45, 7) is 2.01. The fourth-order valence-electron chi connectivity index (χ4n) is 1.65. The number of fused-ring (bicyclic) bond motifs is 1. The van der Waals surface area contributed by atoms with E-state index in [1.165, 1.54) is 0 Å². The Bertz CT molecular complexity index is 520. The smallest absolute Gasteiger partial charge is 0.223 e. The van der Waals surface area contributed by atoms with Gasteiger partial charge >= 0.3 is 0 Å². The number of carbonyl (C=O) groups excluding carboxylic acids is 1. The molecular formula is C12H12N2O. The average molecular weight is 200 g/mol. The number of pyridine rings is 1. The van der Waals surface area contributed by atoms with Crippen molar-refractivity contribution >= 4 is 16.7 Å². The zero-order chi connectivity index (χ0) is 10.8. The molecule has 2 aromatic rings. The van der Waals surface area contributed by atoms with Gasteiger partial charge in [-0.3, -0.25) is 9.78 Å². The molecule has 0 unspecified atom stereocenters. The third kappa shape index (κ3) is 1.96. The van der Waals surface area contributed by atoms with Crippen molar-refractivity contribution in [2.75, 3.05) is 0 Å². The first-order chi connectivity index (χ1) is 7.16. The number of benzene rings is 1. The number of amides is 1. The first-order valence-corrected chi connectivity index (χ1v) is 4.79. The van der Waals surface area contributed by atoms with Gasteiger partial charge in [-0.15, -0.1) is 0 Å². The van der Waals surface area contributed by atoms with Crippen LogP contribution in [0.2, 0.25) is 0 Å². The SMILES string of the molecule is Cc1ccc2ccnc(CC(N)=O)c2c1. The van der Waals surface area contributed by atoms with Crippen LogP contribution in [-0.2, 0) is 11.2 Å². The fourth-order valence-corrected chi connectivity index (χ4v) is 1.65. The Hall–Kier alpha value is -1.90. The summed E-state index contributed by atoms with van der Waals surface area (Å²) >= 11 is 0. The van der Waals surface area contributed by atoms with Crippen molar-refractivity contribution in [1.29, 1.82) is 0 Å². The minimum Gasteiger partial charge on any atom is -0.369 e. The van der Waals surface area contributed by atoms with Crippen LogP contribution >= 0.6 is 0 Å². The molecule has 15 heavy (non-hydrogen) atoms. The molecule has 0 aliphatic rings. The lowest BCUT2D eigenvalue weighted by Gasteiger charge is -2.04. The van der Waals surface area contributed by atoms with Crippen molar-refractivity contribution in [3.05, 3.63) is 41.7 Å². The normalized spacial score (nSPS) is 10.5. The van der Waals surface area contributed by atoms with E-state index in [2.05, 4.69) is 4.98 Å². The standard InChI is InChI=1S/C12H12N2O/c1-8-2-3-9-4-5-14-11(7-12(13)15)10(9)6-8/h2-6H,7H2,1H3,(H2,13,15). The minimum absolute atomic E-state index is 0.195. The number of rotatable bonds is 2. The monoisotopic (exact) mass is 200 g/mol. The third-order valence-corrected chi connectivity index (χ3v) is 2.35. The van der Waals surface area contributed by atoms with Crippen molar-refractivity contribution in [2.24, 2.45) is 5.73 Å². The Morgan fingerprint density at radius 2 is 2.20 bits per heavy atom. The molecule has 0 fully saturated rings. The van der Waals surface area contributed by atoms with Gasteiger partial charge < -0.3 is 5.73 Å². The number of nitrogens with zero attached hydrogens (tertiary/aromatic N) is 1. The van der Waals surface area contributed by atoms with Crippen LogP contribution in [0.25, 0.3) is 10.8 Å². The number of hydrogen-bond donors (Lipinski definition) is 1.